The number of nitrogens with two attached hydrogens (primary N) is 1. The van der Waals surface area contributed by atoms with Gasteiger partial charge >= 0.3 is 0 Å². The smallest absolute Gasteiger partial charge is 0.262 e. The molecule has 6 nitrogen and oxygen atoms in total. The maximum atomic E-state index is 12.2. The molecule has 1 aromatic carbocycles. The van der Waals surface area contributed by atoms with Gasteiger partial charge < -0.3 is 21.1 Å². The number of nitrogens with one attached hydrogen (secondary N) is 2. The number of ether oxygens (including phenoxy) is 1. The van der Waals surface area contributed by atoms with Crippen molar-refractivity contribution in [2.24, 2.45) is 11.7 Å². The first kappa shape index (κ1) is 12.9. The van der Waals surface area contributed by atoms with Gasteiger partial charge in [0.2, 0.25) is 0 Å². The standard InChI is InChI=1S/C14H17N3O3/c15-6-11(8-1-2-8)17-14(19)9-3-4-12-10(5-9)16-13(18)7-20-12/h3-5,8,11H,1-2,6-7,15H2,(H,16,18)(H,17,19). The van der Waals surface area contributed by atoms with E-state index in [-0.39, 0.29) is 24.5 Å². The summed E-state index contributed by atoms with van der Waals surface area (Å²) in [6, 6.07) is 5.04. The van der Waals surface area contributed by atoms with Crippen LogP contribution in [0, 0.1) is 5.92 Å². The van der Waals surface area contributed by atoms with E-state index in [1.165, 1.54) is 0 Å². The van der Waals surface area contributed by atoms with Crippen molar-refractivity contribution in [2.45, 2.75) is 18.9 Å². The van der Waals surface area contributed by atoms with Gasteiger partial charge in [-0.1, -0.05) is 0 Å². The predicted octanol–water partition coefficient (Wildman–Crippen LogP) is 0.485. The highest BCUT2D eigenvalue weighted by molar-refractivity contribution is 5.99. The van der Waals surface area contributed by atoms with Gasteiger partial charge in [-0.2, -0.15) is 0 Å². The first-order valence-electron chi connectivity index (χ1n) is 6.75. The lowest BCUT2D eigenvalue weighted by molar-refractivity contribution is -0.118. The second kappa shape index (κ2) is 5.13. The van der Waals surface area contributed by atoms with Crippen LogP contribution in [0.15, 0.2) is 18.2 Å². The van der Waals surface area contributed by atoms with Crippen LogP contribution in [-0.2, 0) is 4.79 Å². The molecule has 2 aliphatic rings. The zero-order valence-electron chi connectivity index (χ0n) is 11.0. The van der Waals surface area contributed by atoms with Gasteiger partial charge in [0, 0.05) is 18.2 Å². The summed E-state index contributed by atoms with van der Waals surface area (Å²) in [5.41, 5.74) is 6.70. The van der Waals surface area contributed by atoms with E-state index in [0.29, 0.717) is 29.5 Å². The predicted molar refractivity (Wildman–Crippen MR) is 73.6 cm³/mol. The fourth-order valence-corrected chi connectivity index (χ4v) is 2.34. The SMILES string of the molecule is NCC(NC(=O)c1ccc2c(c1)NC(=O)CO2)C1CC1. The molecule has 1 aliphatic carbocycles. The topological polar surface area (TPSA) is 93.5 Å². The van der Waals surface area contributed by atoms with Crippen molar-refractivity contribution in [1.29, 1.82) is 0 Å². The van der Waals surface area contributed by atoms with Crippen molar-refractivity contribution in [3.63, 3.8) is 0 Å². The van der Waals surface area contributed by atoms with Crippen molar-refractivity contribution in [3.05, 3.63) is 23.8 Å². The maximum Gasteiger partial charge on any atom is 0.262 e. The molecule has 0 bridgehead atoms. The van der Waals surface area contributed by atoms with E-state index < -0.39 is 0 Å². The van der Waals surface area contributed by atoms with Gasteiger partial charge in [-0.15, -0.1) is 0 Å². The van der Waals surface area contributed by atoms with E-state index in [1.807, 2.05) is 0 Å². The minimum Gasteiger partial charge on any atom is -0.482 e. The molecule has 1 atom stereocenters. The molecule has 1 fully saturated rings. The molecule has 1 aliphatic heterocycles. The van der Waals surface area contributed by atoms with Gasteiger partial charge in [0.15, 0.2) is 6.61 Å². The molecule has 1 aromatic rings. The monoisotopic (exact) mass is 275 g/mol. The van der Waals surface area contributed by atoms with E-state index in [9.17, 15) is 9.59 Å². The van der Waals surface area contributed by atoms with Crippen molar-refractivity contribution in [1.82, 2.24) is 5.32 Å². The second-order valence-corrected chi connectivity index (χ2v) is 5.20. The third kappa shape index (κ3) is 2.60. The fraction of sp³-hybridized carbons (Fsp3) is 0.429. The summed E-state index contributed by atoms with van der Waals surface area (Å²) < 4.78 is 5.26. The Hall–Kier alpha value is -2.08. The van der Waals surface area contributed by atoms with Crippen LogP contribution >= 0.6 is 0 Å². The second-order valence-electron chi connectivity index (χ2n) is 5.20. The Kier molecular flexibility index (Phi) is 3.31. The highest BCUT2D eigenvalue weighted by Crippen LogP contribution is 2.32. The molecule has 3 rings (SSSR count). The molecular formula is C14H17N3O3. The lowest BCUT2D eigenvalue weighted by Gasteiger charge is -2.19. The lowest BCUT2D eigenvalue weighted by atomic mass is 10.1. The number of amides is 2. The highest BCUT2D eigenvalue weighted by atomic mass is 16.5. The molecule has 0 radical (unpaired) electrons. The van der Waals surface area contributed by atoms with E-state index in [1.54, 1.807) is 18.2 Å². The number of carbonyl (C=O) groups is 2. The Morgan fingerprint density at radius 2 is 2.30 bits per heavy atom. The summed E-state index contributed by atoms with van der Waals surface area (Å²) in [7, 11) is 0. The van der Waals surface area contributed by atoms with Crippen molar-refractivity contribution >= 4 is 17.5 Å². The Morgan fingerprint density at radius 3 is 3.00 bits per heavy atom. The zero-order chi connectivity index (χ0) is 14.1. The Labute approximate surface area is 116 Å². The van der Waals surface area contributed by atoms with Gasteiger partial charge in [-0.25, -0.2) is 0 Å². The van der Waals surface area contributed by atoms with Gasteiger partial charge in [0.25, 0.3) is 11.8 Å². The van der Waals surface area contributed by atoms with Crippen LogP contribution < -0.4 is 21.1 Å². The summed E-state index contributed by atoms with van der Waals surface area (Å²) >= 11 is 0. The molecule has 4 N–H and O–H groups in total. The summed E-state index contributed by atoms with van der Waals surface area (Å²) in [5, 5.41) is 5.63. The van der Waals surface area contributed by atoms with Gasteiger partial charge in [-0.3, -0.25) is 9.59 Å². The van der Waals surface area contributed by atoms with E-state index in [4.69, 9.17) is 10.5 Å². The number of hydrogen-bond acceptors (Lipinski definition) is 4. The Bertz CT molecular complexity index is 555. The average molecular weight is 275 g/mol. The molecular weight excluding hydrogens is 258 g/mol. The summed E-state index contributed by atoms with van der Waals surface area (Å²) in [6.07, 6.45) is 2.24. The number of carbonyl (C=O) groups excluding carboxylic acids is 2. The molecule has 6 heteroatoms. The fourth-order valence-electron chi connectivity index (χ4n) is 2.34. The van der Waals surface area contributed by atoms with E-state index >= 15 is 0 Å². The molecule has 0 spiro atoms. The van der Waals surface area contributed by atoms with E-state index in [2.05, 4.69) is 10.6 Å². The van der Waals surface area contributed by atoms with Crippen LogP contribution in [0.1, 0.15) is 23.2 Å². The number of benzene rings is 1. The van der Waals surface area contributed by atoms with Gasteiger partial charge in [-0.05, 0) is 37.0 Å². The highest BCUT2D eigenvalue weighted by Gasteiger charge is 2.31. The minimum absolute atomic E-state index is 0.00940. The minimum atomic E-state index is -0.215. The van der Waals surface area contributed by atoms with Crippen LogP contribution in [0.4, 0.5) is 5.69 Å². The number of hydrogen-bond donors (Lipinski definition) is 3. The number of fused-ring (bicyclic) bond motifs is 1. The Morgan fingerprint density at radius 1 is 1.50 bits per heavy atom. The molecule has 2 amide bonds. The number of anilines is 1. The maximum absolute atomic E-state index is 12.2. The Balaban J connectivity index is 1.74. The average Bonchev–Trinajstić information content (AvgIpc) is 3.28. The lowest BCUT2D eigenvalue weighted by Crippen LogP contribution is -2.41. The van der Waals surface area contributed by atoms with Crippen LogP contribution in [0.25, 0.3) is 0 Å². The summed E-state index contributed by atoms with van der Waals surface area (Å²) in [6.45, 7) is 0.455. The van der Waals surface area contributed by atoms with Crippen LogP contribution in [0.3, 0.4) is 0 Å². The molecule has 1 saturated carbocycles. The van der Waals surface area contributed by atoms with Gasteiger partial charge in [0.1, 0.15) is 5.75 Å². The largest absolute Gasteiger partial charge is 0.482 e. The summed E-state index contributed by atoms with van der Waals surface area (Å²) in [5.74, 6) is 0.700. The number of rotatable bonds is 4. The molecule has 1 heterocycles. The van der Waals surface area contributed by atoms with Crippen molar-refractivity contribution in [2.75, 3.05) is 18.5 Å². The molecule has 0 aromatic heterocycles. The van der Waals surface area contributed by atoms with Gasteiger partial charge in [0.05, 0.1) is 5.69 Å². The van der Waals surface area contributed by atoms with Crippen LogP contribution in [0.5, 0.6) is 5.75 Å². The zero-order valence-corrected chi connectivity index (χ0v) is 11.0. The first-order valence-corrected chi connectivity index (χ1v) is 6.75. The normalized spacial score (nSPS) is 18.6. The molecule has 20 heavy (non-hydrogen) atoms. The van der Waals surface area contributed by atoms with Crippen LogP contribution in [-0.4, -0.2) is 31.0 Å². The summed E-state index contributed by atoms with van der Waals surface area (Å²) in [4.78, 5) is 23.5. The van der Waals surface area contributed by atoms with Crippen molar-refractivity contribution in [3.8, 4) is 5.75 Å². The van der Waals surface area contributed by atoms with Crippen LogP contribution in [0.2, 0.25) is 0 Å². The third-order valence-electron chi connectivity index (χ3n) is 3.64. The molecule has 1 unspecified atom stereocenters. The van der Waals surface area contributed by atoms with E-state index in [0.717, 1.165) is 12.8 Å². The quantitative estimate of drug-likeness (QED) is 0.745. The first-order chi connectivity index (χ1) is 9.67. The van der Waals surface area contributed by atoms with Crippen molar-refractivity contribution < 1.29 is 14.3 Å². The molecule has 106 valence electrons. The molecule has 0 saturated heterocycles. The third-order valence-corrected chi connectivity index (χ3v) is 3.64.